The van der Waals surface area contributed by atoms with Crippen LogP contribution in [0.25, 0.3) is 0 Å². The van der Waals surface area contributed by atoms with E-state index in [2.05, 4.69) is 53.2 Å². The van der Waals surface area contributed by atoms with Gasteiger partial charge >= 0.3 is 0 Å². The maximum Gasteiger partial charge on any atom is 0.194 e. The molecule has 0 radical (unpaired) electrons. The lowest BCUT2D eigenvalue weighted by Crippen LogP contribution is -2.46. The highest BCUT2D eigenvalue weighted by Gasteiger charge is 2.30. The van der Waals surface area contributed by atoms with Gasteiger partial charge in [-0.1, -0.05) is 31.2 Å². The molecule has 3 rings (SSSR count). The van der Waals surface area contributed by atoms with E-state index in [9.17, 15) is 0 Å². The van der Waals surface area contributed by atoms with Crippen molar-refractivity contribution in [3.05, 3.63) is 35.4 Å². The minimum Gasteiger partial charge on any atom is -0.379 e. The highest BCUT2D eigenvalue weighted by atomic mass is 127. The number of nitrogens with one attached hydrogen (secondary N) is 1. The number of rotatable bonds is 5. The highest BCUT2D eigenvalue weighted by molar-refractivity contribution is 14.0. The minimum atomic E-state index is 0. The number of hydrogen-bond donors (Lipinski definition) is 1. The summed E-state index contributed by atoms with van der Waals surface area (Å²) in [5.74, 6) is 1.06. The van der Waals surface area contributed by atoms with Crippen molar-refractivity contribution in [2.75, 3.05) is 45.9 Å². The maximum atomic E-state index is 5.49. The Morgan fingerprint density at radius 3 is 2.58 bits per heavy atom. The lowest BCUT2D eigenvalue weighted by atomic mass is 10.1. The zero-order valence-corrected chi connectivity index (χ0v) is 18.4. The van der Waals surface area contributed by atoms with Gasteiger partial charge in [0.1, 0.15) is 0 Å². The number of aliphatic imine (C=N–C) groups is 1. The van der Waals surface area contributed by atoms with Gasteiger partial charge in [-0.3, -0.25) is 4.90 Å². The van der Waals surface area contributed by atoms with Crippen molar-refractivity contribution < 1.29 is 4.74 Å². The SMILES string of the molecule is CCNC(=NCc1ccccc1CC)N1CCC(N2CCOCC2)C1.I. The van der Waals surface area contributed by atoms with Crippen molar-refractivity contribution in [2.24, 2.45) is 4.99 Å². The molecule has 0 aromatic heterocycles. The fourth-order valence-corrected chi connectivity index (χ4v) is 3.82. The van der Waals surface area contributed by atoms with Crippen molar-refractivity contribution >= 4 is 29.9 Å². The number of benzene rings is 1. The number of morpholine rings is 1. The number of guanidine groups is 1. The molecule has 2 fully saturated rings. The Morgan fingerprint density at radius 1 is 1.15 bits per heavy atom. The first-order valence-electron chi connectivity index (χ1n) is 9.73. The summed E-state index contributed by atoms with van der Waals surface area (Å²) in [6.07, 6.45) is 2.28. The van der Waals surface area contributed by atoms with Gasteiger partial charge in [0, 0.05) is 38.8 Å². The van der Waals surface area contributed by atoms with Crippen LogP contribution in [0.3, 0.4) is 0 Å². The average molecular weight is 472 g/mol. The third kappa shape index (κ3) is 5.57. The van der Waals surface area contributed by atoms with Gasteiger partial charge in [-0.15, -0.1) is 24.0 Å². The van der Waals surface area contributed by atoms with Crippen molar-refractivity contribution in [1.82, 2.24) is 15.1 Å². The summed E-state index contributed by atoms with van der Waals surface area (Å²) in [5, 5.41) is 3.49. The minimum absolute atomic E-state index is 0. The number of ether oxygens (including phenoxy) is 1. The average Bonchev–Trinajstić information content (AvgIpc) is 3.16. The van der Waals surface area contributed by atoms with Crippen molar-refractivity contribution in [3.63, 3.8) is 0 Å². The molecular weight excluding hydrogens is 439 g/mol. The van der Waals surface area contributed by atoms with Gasteiger partial charge in [0.2, 0.25) is 0 Å². The van der Waals surface area contributed by atoms with E-state index in [1.807, 2.05) is 0 Å². The van der Waals surface area contributed by atoms with Crippen molar-refractivity contribution in [2.45, 2.75) is 39.3 Å². The number of aryl methyl sites for hydroxylation is 1. The maximum absolute atomic E-state index is 5.49. The predicted octanol–water partition coefficient (Wildman–Crippen LogP) is 2.74. The molecule has 146 valence electrons. The number of hydrogen-bond acceptors (Lipinski definition) is 3. The molecular formula is C20H33IN4O. The first kappa shape index (κ1) is 21.4. The zero-order valence-electron chi connectivity index (χ0n) is 16.1. The number of likely N-dealkylation sites (tertiary alicyclic amines) is 1. The molecule has 1 aromatic carbocycles. The molecule has 0 aliphatic carbocycles. The summed E-state index contributed by atoms with van der Waals surface area (Å²) >= 11 is 0. The molecule has 0 bridgehead atoms. The Labute approximate surface area is 175 Å². The molecule has 2 aliphatic rings. The normalized spacial score (nSPS) is 21.5. The fraction of sp³-hybridized carbons (Fsp3) is 0.650. The van der Waals surface area contributed by atoms with Gasteiger partial charge in [0.25, 0.3) is 0 Å². The van der Waals surface area contributed by atoms with E-state index in [0.29, 0.717) is 6.04 Å². The van der Waals surface area contributed by atoms with Crippen LogP contribution in [-0.2, 0) is 17.7 Å². The van der Waals surface area contributed by atoms with Crippen molar-refractivity contribution in [1.29, 1.82) is 0 Å². The van der Waals surface area contributed by atoms with Gasteiger partial charge in [-0.25, -0.2) is 4.99 Å². The Kier molecular flexibility index (Phi) is 9.15. The van der Waals surface area contributed by atoms with Gasteiger partial charge < -0.3 is 15.0 Å². The van der Waals surface area contributed by atoms with Crippen LogP contribution in [0.2, 0.25) is 0 Å². The van der Waals surface area contributed by atoms with Crippen LogP contribution in [0, 0.1) is 0 Å². The molecule has 0 saturated carbocycles. The molecule has 26 heavy (non-hydrogen) atoms. The first-order valence-corrected chi connectivity index (χ1v) is 9.73. The predicted molar refractivity (Wildman–Crippen MR) is 118 cm³/mol. The summed E-state index contributed by atoms with van der Waals surface area (Å²) in [7, 11) is 0. The lowest BCUT2D eigenvalue weighted by molar-refractivity contribution is 0.0195. The molecule has 6 heteroatoms. The van der Waals surface area contributed by atoms with E-state index in [-0.39, 0.29) is 24.0 Å². The summed E-state index contributed by atoms with van der Waals surface area (Å²) in [6.45, 7) is 12.1. The second kappa shape index (κ2) is 11.1. The third-order valence-electron chi connectivity index (χ3n) is 5.26. The van der Waals surface area contributed by atoms with E-state index in [1.54, 1.807) is 0 Å². The van der Waals surface area contributed by atoms with Crippen LogP contribution in [0.1, 0.15) is 31.4 Å². The van der Waals surface area contributed by atoms with Crippen LogP contribution in [0.4, 0.5) is 0 Å². The third-order valence-corrected chi connectivity index (χ3v) is 5.26. The van der Waals surface area contributed by atoms with Crippen LogP contribution >= 0.6 is 24.0 Å². The van der Waals surface area contributed by atoms with E-state index in [1.165, 1.54) is 17.5 Å². The van der Waals surface area contributed by atoms with Gasteiger partial charge in [-0.05, 0) is 30.9 Å². The molecule has 2 aliphatic heterocycles. The Morgan fingerprint density at radius 2 is 1.88 bits per heavy atom. The fourth-order valence-electron chi connectivity index (χ4n) is 3.82. The van der Waals surface area contributed by atoms with Crippen LogP contribution in [0.15, 0.2) is 29.3 Å². The molecule has 5 nitrogen and oxygen atoms in total. The van der Waals surface area contributed by atoms with E-state index >= 15 is 0 Å². The second-order valence-electron chi connectivity index (χ2n) is 6.83. The van der Waals surface area contributed by atoms with E-state index in [0.717, 1.165) is 64.9 Å². The summed E-state index contributed by atoms with van der Waals surface area (Å²) in [4.78, 5) is 9.95. The molecule has 1 aromatic rings. The largest absolute Gasteiger partial charge is 0.379 e. The first-order chi connectivity index (χ1) is 12.3. The molecule has 1 atom stereocenters. The summed E-state index contributed by atoms with van der Waals surface area (Å²) in [5.41, 5.74) is 2.74. The summed E-state index contributed by atoms with van der Waals surface area (Å²) < 4.78 is 5.49. The molecule has 1 N–H and O–H groups in total. The Hall–Kier alpha value is -0.860. The quantitative estimate of drug-likeness (QED) is 0.407. The zero-order chi connectivity index (χ0) is 17.5. The van der Waals surface area contributed by atoms with Crippen LogP contribution in [-0.4, -0.2) is 67.7 Å². The molecule has 0 spiro atoms. The topological polar surface area (TPSA) is 40.1 Å². The summed E-state index contributed by atoms with van der Waals surface area (Å²) in [6, 6.07) is 9.27. The Balaban J connectivity index is 0.00000243. The lowest BCUT2D eigenvalue weighted by Gasteiger charge is -2.32. The molecule has 2 saturated heterocycles. The monoisotopic (exact) mass is 472 g/mol. The molecule has 1 unspecified atom stereocenters. The van der Waals surface area contributed by atoms with Gasteiger partial charge in [0.05, 0.1) is 19.8 Å². The van der Waals surface area contributed by atoms with Crippen LogP contribution < -0.4 is 5.32 Å². The van der Waals surface area contributed by atoms with E-state index in [4.69, 9.17) is 9.73 Å². The second-order valence-corrected chi connectivity index (χ2v) is 6.83. The molecule has 2 heterocycles. The van der Waals surface area contributed by atoms with E-state index < -0.39 is 0 Å². The smallest absolute Gasteiger partial charge is 0.194 e. The van der Waals surface area contributed by atoms with Gasteiger partial charge in [0.15, 0.2) is 5.96 Å². The number of nitrogens with zero attached hydrogens (tertiary/aromatic N) is 3. The Bertz CT molecular complexity index is 575. The molecule has 0 amide bonds. The standard InChI is InChI=1S/C20H32N4O.HI/c1-3-17-7-5-6-8-18(17)15-22-20(21-4-2)24-10-9-19(16-24)23-11-13-25-14-12-23;/h5-8,19H,3-4,9-16H2,1-2H3,(H,21,22);1H. The number of halogens is 1. The van der Waals surface area contributed by atoms with Crippen molar-refractivity contribution in [3.8, 4) is 0 Å². The van der Waals surface area contributed by atoms with Gasteiger partial charge in [-0.2, -0.15) is 0 Å². The highest BCUT2D eigenvalue weighted by Crippen LogP contribution is 2.18. The van der Waals surface area contributed by atoms with Crippen LogP contribution in [0.5, 0.6) is 0 Å².